The number of fused-ring (bicyclic) bond motifs is 6. The molecule has 10 atom stereocenters. The SMILES string of the molecule is CC(=O)N1CC(C)CC2OC3(CCC4C(=C3C)C(=O)C3C4CC=C4CC(O)CCC43C)C(C)C21. The van der Waals surface area contributed by atoms with Crippen molar-refractivity contribution in [2.24, 2.45) is 35.0 Å². The number of hydrogen-bond donors (Lipinski definition) is 1. The van der Waals surface area contributed by atoms with Crippen LogP contribution in [-0.2, 0) is 14.3 Å². The molecule has 0 aromatic carbocycles. The van der Waals surface area contributed by atoms with E-state index in [1.165, 1.54) is 11.1 Å². The van der Waals surface area contributed by atoms with Crippen molar-refractivity contribution in [2.75, 3.05) is 6.54 Å². The second-order valence-corrected chi connectivity index (χ2v) is 12.8. The fourth-order valence-electron chi connectivity index (χ4n) is 9.51. The molecule has 1 N–H and O–H groups in total. The van der Waals surface area contributed by atoms with Crippen LogP contribution >= 0.6 is 0 Å². The summed E-state index contributed by atoms with van der Waals surface area (Å²) in [5.74, 6) is 1.86. The number of nitrogens with zero attached hydrogens (tertiary/aromatic N) is 1. The molecule has 6 rings (SSSR count). The first-order valence-corrected chi connectivity index (χ1v) is 13.7. The number of hydrogen-bond acceptors (Lipinski definition) is 4. The Bertz CT molecular complexity index is 998. The van der Waals surface area contributed by atoms with E-state index < -0.39 is 5.60 Å². The maximum atomic E-state index is 14.2. The van der Waals surface area contributed by atoms with Crippen molar-refractivity contribution >= 4 is 11.7 Å². The standard InChI is InChI=1S/C29H41NO4/c1-15-12-23-26(30(14-15)18(4)31)17(3)29(34-23)11-9-21-22-7-6-19-13-20(32)8-10-28(19,5)25(22)27(33)24(21)16(29)2/h6,15,17,20-23,25-26,32H,7-14H2,1-5H3. The Morgan fingerprint density at radius 3 is 2.74 bits per heavy atom. The summed E-state index contributed by atoms with van der Waals surface area (Å²) < 4.78 is 6.97. The predicted octanol–water partition coefficient (Wildman–Crippen LogP) is 4.44. The summed E-state index contributed by atoms with van der Waals surface area (Å²) in [6, 6.07) is 0.102. The molecule has 4 fully saturated rings. The lowest BCUT2D eigenvalue weighted by molar-refractivity contribution is -0.137. The molecule has 34 heavy (non-hydrogen) atoms. The van der Waals surface area contributed by atoms with Crippen LogP contribution in [0.25, 0.3) is 0 Å². The van der Waals surface area contributed by atoms with E-state index in [0.717, 1.165) is 57.1 Å². The van der Waals surface area contributed by atoms with Gasteiger partial charge in [-0.05, 0) is 80.6 Å². The Labute approximate surface area is 204 Å². The number of rotatable bonds is 0. The van der Waals surface area contributed by atoms with E-state index in [9.17, 15) is 14.7 Å². The summed E-state index contributed by atoms with van der Waals surface area (Å²) >= 11 is 0. The van der Waals surface area contributed by atoms with Crippen molar-refractivity contribution in [1.29, 1.82) is 0 Å². The molecule has 5 nitrogen and oxygen atoms in total. The van der Waals surface area contributed by atoms with Crippen LogP contribution in [-0.4, -0.2) is 52.1 Å². The molecule has 1 spiro atoms. The first-order valence-electron chi connectivity index (χ1n) is 13.7. The number of likely N-dealkylation sites (tertiary alicyclic amines) is 1. The quantitative estimate of drug-likeness (QED) is 0.535. The van der Waals surface area contributed by atoms with E-state index in [4.69, 9.17) is 4.74 Å². The summed E-state index contributed by atoms with van der Waals surface area (Å²) in [7, 11) is 0. The minimum absolute atomic E-state index is 0.0397. The Balaban J connectivity index is 1.39. The highest BCUT2D eigenvalue weighted by Crippen LogP contribution is 2.64. The summed E-state index contributed by atoms with van der Waals surface area (Å²) in [6.45, 7) is 11.4. The van der Waals surface area contributed by atoms with Gasteiger partial charge >= 0.3 is 0 Å². The van der Waals surface area contributed by atoms with Gasteiger partial charge in [-0.25, -0.2) is 0 Å². The van der Waals surface area contributed by atoms with Crippen molar-refractivity contribution < 1.29 is 19.4 Å². The Hall–Kier alpha value is -1.46. The zero-order valence-electron chi connectivity index (χ0n) is 21.5. The lowest BCUT2D eigenvalue weighted by atomic mass is 9.56. The second kappa shape index (κ2) is 7.52. The maximum Gasteiger partial charge on any atom is 0.219 e. The molecule has 10 unspecified atom stereocenters. The fourth-order valence-corrected chi connectivity index (χ4v) is 9.51. The maximum absolute atomic E-state index is 14.2. The third kappa shape index (κ3) is 2.86. The monoisotopic (exact) mass is 467 g/mol. The largest absolute Gasteiger partial charge is 0.393 e. The van der Waals surface area contributed by atoms with Crippen LogP contribution in [0.5, 0.6) is 0 Å². The zero-order chi connectivity index (χ0) is 24.2. The Morgan fingerprint density at radius 2 is 2.00 bits per heavy atom. The number of allylic oxidation sites excluding steroid dienone is 2. The molecule has 2 saturated carbocycles. The topological polar surface area (TPSA) is 66.8 Å². The van der Waals surface area contributed by atoms with E-state index in [2.05, 4.69) is 38.7 Å². The van der Waals surface area contributed by atoms with E-state index in [0.29, 0.717) is 23.5 Å². The molecule has 2 saturated heterocycles. The van der Waals surface area contributed by atoms with Crippen LogP contribution in [0.1, 0.15) is 79.6 Å². The van der Waals surface area contributed by atoms with Crippen molar-refractivity contribution in [3.63, 3.8) is 0 Å². The number of ether oxygens (including phenoxy) is 1. The van der Waals surface area contributed by atoms with Crippen LogP contribution < -0.4 is 0 Å². The number of amides is 1. The molecule has 0 radical (unpaired) electrons. The first-order chi connectivity index (χ1) is 16.1. The van der Waals surface area contributed by atoms with Gasteiger partial charge in [0.25, 0.3) is 0 Å². The normalized spacial score (nSPS) is 50.0. The molecule has 4 aliphatic carbocycles. The predicted molar refractivity (Wildman–Crippen MR) is 130 cm³/mol. The van der Waals surface area contributed by atoms with E-state index in [1.807, 2.05) is 0 Å². The van der Waals surface area contributed by atoms with Gasteiger partial charge in [0.05, 0.1) is 23.9 Å². The zero-order valence-corrected chi connectivity index (χ0v) is 21.5. The van der Waals surface area contributed by atoms with Crippen molar-refractivity contribution in [2.45, 2.75) is 103 Å². The molecule has 1 amide bonds. The van der Waals surface area contributed by atoms with Crippen LogP contribution in [0.4, 0.5) is 0 Å². The van der Waals surface area contributed by atoms with Gasteiger partial charge in [0.15, 0.2) is 5.78 Å². The molecule has 5 heteroatoms. The van der Waals surface area contributed by atoms with Crippen molar-refractivity contribution in [3.8, 4) is 0 Å². The van der Waals surface area contributed by atoms with Crippen molar-refractivity contribution in [1.82, 2.24) is 4.90 Å². The third-order valence-corrected chi connectivity index (χ3v) is 11.1. The molecule has 2 aliphatic heterocycles. The first kappa shape index (κ1) is 23.0. The molecular weight excluding hydrogens is 426 g/mol. The molecular formula is C29H41NO4. The minimum Gasteiger partial charge on any atom is -0.393 e. The highest BCUT2D eigenvalue weighted by atomic mass is 16.5. The fraction of sp³-hybridized carbons (Fsp3) is 0.793. The summed E-state index contributed by atoms with van der Waals surface area (Å²) in [5.41, 5.74) is 3.00. The lowest BCUT2D eigenvalue weighted by Crippen LogP contribution is -2.53. The Morgan fingerprint density at radius 1 is 1.24 bits per heavy atom. The number of Topliss-reactive ketones (excluding diaryl/α,β-unsaturated/α-hetero) is 1. The summed E-state index contributed by atoms with van der Waals surface area (Å²) in [4.78, 5) is 28.9. The highest BCUT2D eigenvalue weighted by molar-refractivity contribution is 6.02. The number of carbonyl (C=O) groups excluding carboxylic acids is 2. The van der Waals surface area contributed by atoms with Crippen LogP contribution in [0.15, 0.2) is 22.8 Å². The number of carbonyl (C=O) groups is 2. The Kier molecular flexibility index (Phi) is 5.08. The molecule has 186 valence electrons. The third-order valence-electron chi connectivity index (χ3n) is 11.1. The van der Waals surface area contributed by atoms with Gasteiger partial charge in [0.1, 0.15) is 0 Å². The molecule has 2 heterocycles. The van der Waals surface area contributed by atoms with E-state index in [1.54, 1.807) is 6.92 Å². The lowest BCUT2D eigenvalue weighted by Gasteiger charge is -2.48. The van der Waals surface area contributed by atoms with Gasteiger partial charge in [0, 0.05) is 30.9 Å². The molecule has 6 aliphatic rings. The van der Waals surface area contributed by atoms with Crippen molar-refractivity contribution in [3.05, 3.63) is 22.8 Å². The van der Waals surface area contributed by atoms with Crippen LogP contribution in [0.2, 0.25) is 0 Å². The van der Waals surface area contributed by atoms with Gasteiger partial charge < -0.3 is 14.7 Å². The smallest absolute Gasteiger partial charge is 0.219 e. The van der Waals surface area contributed by atoms with Crippen LogP contribution in [0.3, 0.4) is 0 Å². The average molecular weight is 468 g/mol. The van der Waals surface area contributed by atoms with Gasteiger partial charge in [-0.15, -0.1) is 0 Å². The summed E-state index contributed by atoms with van der Waals surface area (Å²) in [5, 5.41) is 10.3. The number of piperidine rings is 1. The molecule has 0 aromatic heterocycles. The second-order valence-electron chi connectivity index (χ2n) is 12.8. The van der Waals surface area contributed by atoms with E-state index in [-0.39, 0.29) is 41.4 Å². The average Bonchev–Trinajstić information content (AvgIpc) is 3.23. The molecule has 0 aromatic rings. The molecule has 0 bridgehead atoms. The summed E-state index contributed by atoms with van der Waals surface area (Å²) in [6.07, 6.45) is 8.47. The van der Waals surface area contributed by atoms with Crippen LogP contribution in [0, 0.1) is 35.0 Å². The number of ketones is 1. The van der Waals surface area contributed by atoms with E-state index >= 15 is 0 Å². The highest BCUT2D eigenvalue weighted by Gasteiger charge is 2.64. The van der Waals surface area contributed by atoms with Gasteiger partial charge in [-0.1, -0.05) is 32.4 Å². The van der Waals surface area contributed by atoms with Gasteiger partial charge in [-0.3, -0.25) is 9.59 Å². The van der Waals surface area contributed by atoms with Gasteiger partial charge in [0.2, 0.25) is 5.91 Å². The van der Waals surface area contributed by atoms with Gasteiger partial charge in [-0.2, -0.15) is 0 Å². The minimum atomic E-state index is -0.429. The number of aliphatic hydroxyl groups excluding tert-OH is 1. The number of aliphatic hydroxyl groups is 1.